The van der Waals surface area contributed by atoms with Gasteiger partial charge in [-0.2, -0.15) is 0 Å². The first kappa shape index (κ1) is 21.3. The zero-order valence-corrected chi connectivity index (χ0v) is 18.3. The van der Waals surface area contributed by atoms with Gasteiger partial charge in [0.2, 0.25) is 5.91 Å². The highest BCUT2D eigenvalue weighted by Crippen LogP contribution is 2.39. The third-order valence-electron chi connectivity index (χ3n) is 6.03. The quantitative estimate of drug-likeness (QED) is 0.585. The predicted molar refractivity (Wildman–Crippen MR) is 122 cm³/mol. The zero-order valence-electron chi connectivity index (χ0n) is 17.4. The molecule has 0 fully saturated rings. The van der Waals surface area contributed by atoms with Crippen LogP contribution in [0.2, 0.25) is 0 Å². The first-order valence-corrected chi connectivity index (χ1v) is 11.5. The molecule has 2 aliphatic carbocycles. The second kappa shape index (κ2) is 9.06. The van der Waals surface area contributed by atoms with Gasteiger partial charge in [0.1, 0.15) is 5.00 Å². The highest BCUT2D eigenvalue weighted by atomic mass is 32.1. The van der Waals surface area contributed by atoms with E-state index in [9.17, 15) is 19.5 Å². The lowest BCUT2D eigenvalue weighted by atomic mass is 9.82. The van der Waals surface area contributed by atoms with Crippen LogP contribution in [0, 0.1) is 18.8 Å². The van der Waals surface area contributed by atoms with Gasteiger partial charge in [0, 0.05) is 10.6 Å². The minimum Gasteiger partial charge on any atom is -0.481 e. The normalized spacial score (nSPS) is 20.0. The highest BCUT2D eigenvalue weighted by Gasteiger charge is 2.35. The molecule has 0 saturated heterocycles. The minimum absolute atomic E-state index is 0.239. The maximum atomic E-state index is 13.2. The molecule has 162 valence electrons. The van der Waals surface area contributed by atoms with Crippen LogP contribution in [0.3, 0.4) is 0 Å². The van der Waals surface area contributed by atoms with Gasteiger partial charge >= 0.3 is 5.97 Å². The number of amides is 2. The summed E-state index contributed by atoms with van der Waals surface area (Å²) in [4.78, 5) is 39.0. The number of thiophene rings is 1. The fraction of sp³-hybridized carbons (Fsp3) is 0.375. The standard InChI is InChI=1S/C24H26N2O4S/c1-14-10-12-15(13-11-14)25-22(28)20-18-8-4-5-9-19(18)31-23(20)26-21(27)16-6-2-3-7-17(16)24(29)30/h2-3,10-13,16-17H,4-9H2,1H3,(H,25,28)(H,26,27)(H,29,30). The minimum atomic E-state index is -0.965. The van der Waals surface area contributed by atoms with Gasteiger partial charge in [0.05, 0.1) is 17.4 Å². The summed E-state index contributed by atoms with van der Waals surface area (Å²) >= 11 is 1.45. The summed E-state index contributed by atoms with van der Waals surface area (Å²) in [5.74, 6) is -2.93. The van der Waals surface area contributed by atoms with E-state index in [0.29, 0.717) is 29.1 Å². The Bertz CT molecular complexity index is 1040. The van der Waals surface area contributed by atoms with Crippen LogP contribution in [0.25, 0.3) is 0 Å². The molecule has 6 nitrogen and oxygen atoms in total. The number of fused-ring (bicyclic) bond motifs is 1. The molecule has 0 saturated carbocycles. The van der Waals surface area contributed by atoms with Crippen LogP contribution in [-0.2, 0) is 22.4 Å². The Balaban J connectivity index is 1.61. The van der Waals surface area contributed by atoms with Gasteiger partial charge in [-0.15, -0.1) is 11.3 Å². The number of aliphatic carboxylic acids is 1. The van der Waals surface area contributed by atoms with E-state index >= 15 is 0 Å². The van der Waals surface area contributed by atoms with Crippen molar-refractivity contribution in [3.05, 3.63) is 58.0 Å². The molecule has 7 heteroatoms. The van der Waals surface area contributed by atoms with E-state index in [1.54, 1.807) is 0 Å². The summed E-state index contributed by atoms with van der Waals surface area (Å²) in [7, 11) is 0. The maximum Gasteiger partial charge on any atom is 0.307 e. The Kier molecular flexibility index (Phi) is 6.23. The van der Waals surface area contributed by atoms with E-state index in [0.717, 1.165) is 41.7 Å². The third-order valence-corrected chi connectivity index (χ3v) is 7.24. The van der Waals surface area contributed by atoms with Crippen molar-refractivity contribution < 1.29 is 19.5 Å². The molecule has 0 radical (unpaired) electrons. The summed E-state index contributed by atoms with van der Waals surface area (Å²) < 4.78 is 0. The fourth-order valence-corrected chi connectivity index (χ4v) is 5.60. The number of carbonyl (C=O) groups is 3. The fourth-order valence-electron chi connectivity index (χ4n) is 4.31. The number of allylic oxidation sites excluding steroid dienone is 2. The second-order valence-corrected chi connectivity index (χ2v) is 9.32. The summed E-state index contributed by atoms with van der Waals surface area (Å²) in [6, 6.07) is 7.58. The lowest BCUT2D eigenvalue weighted by Crippen LogP contribution is -2.35. The second-order valence-electron chi connectivity index (χ2n) is 8.22. The molecule has 2 atom stereocenters. The number of carboxylic acid groups (broad SMARTS) is 1. The van der Waals surface area contributed by atoms with Gasteiger partial charge < -0.3 is 15.7 Å². The molecular weight excluding hydrogens is 412 g/mol. The van der Waals surface area contributed by atoms with E-state index in [2.05, 4.69) is 10.6 Å². The van der Waals surface area contributed by atoms with Crippen molar-refractivity contribution in [1.29, 1.82) is 0 Å². The van der Waals surface area contributed by atoms with Crippen LogP contribution in [0.1, 0.15) is 52.0 Å². The largest absolute Gasteiger partial charge is 0.481 e. The van der Waals surface area contributed by atoms with E-state index in [1.807, 2.05) is 43.3 Å². The molecule has 0 bridgehead atoms. The van der Waals surface area contributed by atoms with Gasteiger partial charge in [-0.05, 0) is 63.1 Å². The molecule has 2 amide bonds. The van der Waals surface area contributed by atoms with E-state index < -0.39 is 17.8 Å². The van der Waals surface area contributed by atoms with E-state index in [4.69, 9.17) is 0 Å². The van der Waals surface area contributed by atoms with Crippen molar-refractivity contribution >= 4 is 39.8 Å². The Labute approximate surface area is 185 Å². The number of nitrogens with one attached hydrogen (secondary N) is 2. The number of hydrogen-bond donors (Lipinski definition) is 3. The average Bonchev–Trinajstić information content (AvgIpc) is 3.13. The number of benzene rings is 1. The summed E-state index contributed by atoms with van der Waals surface area (Å²) in [6.45, 7) is 1.99. The number of anilines is 2. The molecular formula is C24H26N2O4S. The summed E-state index contributed by atoms with van der Waals surface area (Å²) in [5.41, 5.74) is 3.33. The molecule has 0 spiro atoms. The van der Waals surface area contributed by atoms with Crippen molar-refractivity contribution in [3.63, 3.8) is 0 Å². The molecule has 4 rings (SSSR count). The topological polar surface area (TPSA) is 95.5 Å². The Morgan fingerprint density at radius 2 is 1.65 bits per heavy atom. The number of hydrogen-bond acceptors (Lipinski definition) is 4. The van der Waals surface area contributed by atoms with Crippen LogP contribution < -0.4 is 10.6 Å². The van der Waals surface area contributed by atoms with Crippen molar-refractivity contribution in [3.8, 4) is 0 Å². The average molecular weight is 439 g/mol. The van der Waals surface area contributed by atoms with Crippen LogP contribution >= 0.6 is 11.3 Å². The molecule has 2 aromatic rings. The molecule has 3 N–H and O–H groups in total. The maximum absolute atomic E-state index is 13.2. The van der Waals surface area contributed by atoms with Gasteiger partial charge in [-0.1, -0.05) is 29.8 Å². The number of carbonyl (C=O) groups excluding carboxylic acids is 2. The van der Waals surface area contributed by atoms with E-state index in [-0.39, 0.29) is 11.8 Å². The lowest BCUT2D eigenvalue weighted by molar-refractivity contribution is -0.146. The van der Waals surface area contributed by atoms with Crippen LogP contribution in [-0.4, -0.2) is 22.9 Å². The molecule has 1 aromatic carbocycles. The summed E-state index contributed by atoms with van der Waals surface area (Å²) in [6.07, 6.45) is 8.17. The monoisotopic (exact) mass is 438 g/mol. The number of aryl methyl sites for hydroxylation is 2. The van der Waals surface area contributed by atoms with Gasteiger partial charge in [-0.25, -0.2) is 0 Å². The SMILES string of the molecule is Cc1ccc(NC(=O)c2c(NC(=O)C3CC=CCC3C(=O)O)sc3c2CCCC3)cc1. The van der Waals surface area contributed by atoms with Gasteiger partial charge in [0.25, 0.3) is 5.91 Å². The molecule has 2 unspecified atom stereocenters. The molecule has 1 heterocycles. The van der Waals surface area contributed by atoms with E-state index in [1.165, 1.54) is 11.3 Å². The highest BCUT2D eigenvalue weighted by molar-refractivity contribution is 7.17. The summed E-state index contributed by atoms with van der Waals surface area (Å²) in [5, 5.41) is 15.9. The van der Waals surface area contributed by atoms with Crippen molar-refractivity contribution in [2.75, 3.05) is 10.6 Å². The lowest BCUT2D eigenvalue weighted by Gasteiger charge is -2.24. The van der Waals surface area contributed by atoms with Gasteiger partial charge in [-0.3, -0.25) is 14.4 Å². The molecule has 31 heavy (non-hydrogen) atoms. The molecule has 2 aliphatic rings. The first-order chi connectivity index (χ1) is 14.9. The molecule has 1 aromatic heterocycles. The first-order valence-electron chi connectivity index (χ1n) is 10.6. The number of rotatable bonds is 5. The Hall–Kier alpha value is -2.93. The number of carboxylic acids is 1. The Morgan fingerprint density at radius 1 is 0.968 bits per heavy atom. The zero-order chi connectivity index (χ0) is 22.0. The van der Waals surface area contributed by atoms with Crippen molar-refractivity contribution in [2.45, 2.75) is 45.4 Å². The van der Waals surface area contributed by atoms with Crippen LogP contribution in [0.5, 0.6) is 0 Å². The van der Waals surface area contributed by atoms with Crippen molar-refractivity contribution in [2.24, 2.45) is 11.8 Å². The Morgan fingerprint density at radius 3 is 2.35 bits per heavy atom. The van der Waals surface area contributed by atoms with Crippen molar-refractivity contribution in [1.82, 2.24) is 0 Å². The smallest absolute Gasteiger partial charge is 0.307 e. The van der Waals surface area contributed by atoms with Gasteiger partial charge in [0.15, 0.2) is 0 Å². The third kappa shape index (κ3) is 4.56. The van der Waals surface area contributed by atoms with Crippen LogP contribution in [0.4, 0.5) is 10.7 Å². The molecule has 0 aliphatic heterocycles. The van der Waals surface area contributed by atoms with Crippen LogP contribution in [0.15, 0.2) is 36.4 Å². The predicted octanol–water partition coefficient (Wildman–Crippen LogP) is 4.79.